The van der Waals surface area contributed by atoms with E-state index in [2.05, 4.69) is 4.18 Å². The third-order valence-electron chi connectivity index (χ3n) is 2.20. The molecule has 1 atom stereocenters. The summed E-state index contributed by atoms with van der Waals surface area (Å²) in [5, 5.41) is 6.76. The van der Waals surface area contributed by atoms with E-state index in [4.69, 9.17) is 5.41 Å². The van der Waals surface area contributed by atoms with Crippen molar-refractivity contribution < 1.29 is 22.2 Å². The van der Waals surface area contributed by atoms with Crippen LogP contribution in [0.4, 0.5) is 0 Å². The fraction of sp³-hybridized carbons (Fsp3) is 0.250. The highest BCUT2D eigenvalue weighted by Gasteiger charge is 2.28. The highest BCUT2D eigenvalue weighted by atomic mass is 32.2. The lowest BCUT2D eigenvalue weighted by Crippen LogP contribution is -2.34. The van der Waals surface area contributed by atoms with E-state index in [1.165, 1.54) is 0 Å². The van der Waals surface area contributed by atoms with Crippen LogP contribution >= 0.6 is 0 Å². The van der Waals surface area contributed by atoms with Gasteiger partial charge in [-0.25, -0.2) is 0 Å². The standard InChI is InChI=1S/C12H13NO5S/c1-9(14)12(11(15)7-13)18-19(16,17)8-10-5-3-2-4-6-10/h2-7,12-13H,8H2,1H3. The Morgan fingerprint density at radius 2 is 1.89 bits per heavy atom. The SMILES string of the molecule is CC(=O)C(OS(=O)(=O)Cc1ccccc1)C(=O)C=N. The summed E-state index contributed by atoms with van der Waals surface area (Å²) in [4.78, 5) is 22.4. The minimum absolute atomic E-state index is 0.365. The topological polar surface area (TPSA) is 101 Å². The van der Waals surface area contributed by atoms with Gasteiger partial charge in [-0.2, -0.15) is 8.42 Å². The quantitative estimate of drug-likeness (QED) is 0.451. The molecule has 0 aliphatic heterocycles. The summed E-state index contributed by atoms with van der Waals surface area (Å²) in [6.07, 6.45) is -1.41. The Balaban J connectivity index is 2.86. The molecule has 0 aliphatic carbocycles. The highest BCUT2D eigenvalue weighted by Crippen LogP contribution is 2.10. The Labute approximate surface area is 111 Å². The number of carbonyl (C=O) groups excluding carboxylic acids is 2. The van der Waals surface area contributed by atoms with Gasteiger partial charge in [-0.1, -0.05) is 30.3 Å². The number of benzene rings is 1. The van der Waals surface area contributed by atoms with Crippen molar-refractivity contribution in [3.8, 4) is 0 Å². The van der Waals surface area contributed by atoms with E-state index in [9.17, 15) is 18.0 Å². The van der Waals surface area contributed by atoms with Crippen LogP contribution in [0.5, 0.6) is 0 Å². The zero-order valence-corrected chi connectivity index (χ0v) is 11.0. The van der Waals surface area contributed by atoms with Crippen molar-refractivity contribution in [1.29, 1.82) is 5.41 Å². The first-order valence-corrected chi connectivity index (χ1v) is 6.93. The van der Waals surface area contributed by atoms with Gasteiger partial charge in [-0.05, 0) is 12.5 Å². The Bertz CT molecular complexity index is 579. The third kappa shape index (κ3) is 4.72. The van der Waals surface area contributed by atoms with Gasteiger partial charge in [0.05, 0.1) is 6.21 Å². The second-order valence-corrected chi connectivity index (χ2v) is 5.42. The van der Waals surface area contributed by atoms with Crippen LogP contribution in [0.2, 0.25) is 0 Å². The van der Waals surface area contributed by atoms with Crippen molar-refractivity contribution in [2.24, 2.45) is 0 Å². The molecule has 0 spiro atoms. The van der Waals surface area contributed by atoms with Crippen molar-refractivity contribution in [3.05, 3.63) is 35.9 Å². The Kier molecular flexibility index (Phi) is 5.08. The molecule has 0 amide bonds. The van der Waals surface area contributed by atoms with Crippen LogP contribution in [0.1, 0.15) is 12.5 Å². The molecule has 1 N–H and O–H groups in total. The summed E-state index contributed by atoms with van der Waals surface area (Å²) in [7, 11) is -4.08. The van der Waals surface area contributed by atoms with E-state index >= 15 is 0 Å². The zero-order chi connectivity index (χ0) is 14.5. The minimum atomic E-state index is -4.08. The predicted octanol–water partition coefficient (Wildman–Crippen LogP) is 0.709. The molecule has 1 unspecified atom stereocenters. The third-order valence-corrected chi connectivity index (χ3v) is 3.37. The zero-order valence-electron chi connectivity index (χ0n) is 10.2. The van der Waals surface area contributed by atoms with E-state index in [0.717, 1.165) is 6.92 Å². The average molecular weight is 283 g/mol. The molecule has 0 heterocycles. The van der Waals surface area contributed by atoms with Crippen molar-refractivity contribution in [2.45, 2.75) is 18.8 Å². The summed E-state index contributed by atoms with van der Waals surface area (Å²) >= 11 is 0. The number of nitrogens with one attached hydrogen (secondary N) is 1. The smallest absolute Gasteiger partial charge is 0.272 e. The van der Waals surface area contributed by atoms with Gasteiger partial charge in [-0.3, -0.25) is 13.8 Å². The van der Waals surface area contributed by atoms with Gasteiger partial charge in [0.1, 0.15) is 5.75 Å². The first-order valence-electron chi connectivity index (χ1n) is 5.35. The largest absolute Gasteiger partial charge is 0.305 e. The second-order valence-electron chi connectivity index (χ2n) is 3.82. The van der Waals surface area contributed by atoms with Crippen LogP contribution in [-0.2, 0) is 29.6 Å². The predicted molar refractivity (Wildman–Crippen MR) is 68.4 cm³/mol. The van der Waals surface area contributed by atoms with Crippen LogP contribution in [-0.4, -0.2) is 32.3 Å². The van der Waals surface area contributed by atoms with Gasteiger partial charge in [0.25, 0.3) is 10.1 Å². The molecule has 0 aliphatic rings. The van der Waals surface area contributed by atoms with Crippen molar-refractivity contribution in [2.75, 3.05) is 0 Å². The van der Waals surface area contributed by atoms with Gasteiger partial charge in [0.2, 0.25) is 5.78 Å². The van der Waals surface area contributed by atoms with Crippen LogP contribution < -0.4 is 0 Å². The van der Waals surface area contributed by atoms with Gasteiger partial charge >= 0.3 is 0 Å². The minimum Gasteiger partial charge on any atom is -0.305 e. The monoisotopic (exact) mass is 283 g/mol. The Hall–Kier alpha value is -1.86. The molecule has 0 fully saturated rings. The average Bonchev–Trinajstić information content (AvgIpc) is 2.35. The van der Waals surface area contributed by atoms with Gasteiger partial charge in [0.15, 0.2) is 11.9 Å². The number of carbonyl (C=O) groups is 2. The lowest BCUT2D eigenvalue weighted by molar-refractivity contribution is -0.131. The molecular formula is C12H13NO5S. The van der Waals surface area contributed by atoms with Crippen molar-refractivity contribution in [3.63, 3.8) is 0 Å². The molecule has 19 heavy (non-hydrogen) atoms. The molecule has 0 bridgehead atoms. The summed E-state index contributed by atoms with van der Waals surface area (Å²) in [6, 6.07) is 8.23. The van der Waals surface area contributed by atoms with E-state index in [-0.39, 0.29) is 0 Å². The van der Waals surface area contributed by atoms with Crippen LogP contribution in [0, 0.1) is 5.41 Å². The molecular weight excluding hydrogens is 270 g/mol. The molecule has 1 aromatic carbocycles. The molecule has 102 valence electrons. The van der Waals surface area contributed by atoms with Crippen molar-refractivity contribution >= 4 is 27.9 Å². The number of hydrogen-bond acceptors (Lipinski definition) is 6. The fourth-order valence-electron chi connectivity index (χ4n) is 1.35. The molecule has 0 saturated carbocycles. The maximum Gasteiger partial charge on any atom is 0.272 e. The summed E-state index contributed by atoms with van der Waals surface area (Å²) < 4.78 is 28.0. The maximum absolute atomic E-state index is 11.7. The maximum atomic E-state index is 11.7. The van der Waals surface area contributed by atoms with Crippen LogP contribution in [0.25, 0.3) is 0 Å². The van der Waals surface area contributed by atoms with E-state index < -0.39 is 33.5 Å². The number of hydrogen-bond donors (Lipinski definition) is 1. The summed E-state index contributed by atoms with van der Waals surface area (Å²) in [5.74, 6) is -2.20. The lowest BCUT2D eigenvalue weighted by Gasteiger charge is -2.11. The first kappa shape index (κ1) is 15.2. The van der Waals surface area contributed by atoms with Crippen molar-refractivity contribution in [1.82, 2.24) is 0 Å². The van der Waals surface area contributed by atoms with E-state index in [1.807, 2.05) is 0 Å². The number of Topliss-reactive ketones (excluding diaryl/α,β-unsaturated/α-hetero) is 2. The Morgan fingerprint density at radius 1 is 1.32 bits per heavy atom. The lowest BCUT2D eigenvalue weighted by atomic mass is 10.2. The van der Waals surface area contributed by atoms with Gasteiger partial charge < -0.3 is 5.41 Å². The van der Waals surface area contributed by atoms with Gasteiger partial charge in [0, 0.05) is 0 Å². The molecule has 1 aromatic rings. The first-order chi connectivity index (χ1) is 8.85. The normalized spacial score (nSPS) is 12.7. The molecule has 1 rings (SSSR count). The fourth-order valence-corrected chi connectivity index (χ4v) is 2.54. The molecule has 0 aromatic heterocycles. The summed E-state index contributed by atoms with van der Waals surface area (Å²) in [5.41, 5.74) is 0.479. The Morgan fingerprint density at radius 3 is 2.37 bits per heavy atom. The molecule has 0 saturated heterocycles. The number of ketones is 2. The van der Waals surface area contributed by atoms with Crippen LogP contribution in [0.3, 0.4) is 0 Å². The second kappa shape index (κ2) is 6.35. The molecule has 7 heteroatoms. The number of rotatable bonds is 7. The van der Waals surface area contributed by atoms with E-state index in [1.54, 1.807) is 30.3 Å². The van der Waals surface area contributed by atoms with Crippen LogP contribution in [0.15, 0.2) is 30.3 Å². The van der Waals surface area contributed by atoms with Gasteiger partial charge in [-0.15, -0.1) is 0 Å². The van der Waals surface area contributed by atoms with E-state index in [0.29, 0.717) is 11.8 Å². The molecule has 6 nitrogen and oxygen atoms in total. The molecule has 0 radical (unpaired) electrons. The highest BCUT2D eigenvalue weighted by molar-refractivity contribution is 7.86. The summed E-state index contributed by atoms with van der Waals surface area (Å²) in [6.45, 7) is 1.03.